The maximum atomic E-state index is 11.4. The molecule has 0 saturated carbocycles. The van der Waals surface area contributed by atoms with Crippen LogP contribution >= 0.6 is 0 Å². The van der Waals surface area contributed by atoms with Gasteiger partial charge in [-0.15, -0.1) is 0 Å². The van der Waals surface area contributed by atoms with E-state index in [1.54, 1.807) is 12.2 Å². The fourth-order valence-electron chi connectivity index (χ4n) is 1.02. The summed E-state index contributed by atoms with van der Waals surface area (Å²) in [5.74, 6) is 0.0208. The molecule has 0 atom stereocenters. The number of allylic oxidation sites excluding steroid dienone is 3. The van der Waals surface area contributed by atoms with Crippen LogP contribution in [0.1, 0.15) is 19.8 Å². The molecule has 1 N–H and O–H groups in total. The van der Waals surface area contributed by atoms with Gasteiger partial charge in [-0.25, -0.2) is 4.79 Å². The Hall–Kier alpha value is -1.71. The Labute approximate surface area is 89.1 Å². The van der Waals surface area contributed by atoms with Crippen molar-refractivity contribution in [3.8, 4) is 0 Å². The lowest BCUT2D eigenvalue weighted by molar-refractivity contribution is 0.125. The average Bonchev–Trinajstić information content (AvgIpc) is 2.43. The molecule has 0 aliphatic carbocycles. The number of unbranched alkanes of at least 4 members (excludes halogenated alkanes) is 1. The number of rotatable bonds is 3. The molecule has 1 rings (SSSR count). The van der Waals surface area contributed by atoms with Gasteiger partial charge in [-0.3, -0.25) is 4.90 Å². The maximum absolute atomic E-state index is 11.4. The first-order valence-corrected chi connectivity index (χ1v) is 4.94. The van der Waals surface area contributed by atoms with E-state index in [4.69, 9.17) is 4.74 Å². The van der Waals surface area contributed by atoms with Gasteiger partial charge in [0, 0.05) is 6.20 Å². The molecule has 0 saturated heterocycles. The molecule has 0 aromatic heterocycles. The van der Waals surface area contributed by atoms with Crippen LogP contribution in [0.3, 0.4) is 0 Å². The van der Waals surface area contributed by atoms with E-state index in [0.29, 0.717) is 6.61 Å². The fraction of sp³-hybridized carbons (Fsp3) is 0.364. The predicted molar refractivity (Wildman–Crippen MR) is 57.1 cm³/mol. The molecule has 15 heavy (non-hydrogen) atoms. The standard InChI is InChI=1S/C11H15NO3/c1-2-3-8-15-11(14)12-7-5-4-6-10(13)9-12/h4-7,9,13H,2-3,8H2,1H3. The van der Waals surface area contributed by atoms with Gasteiger partial charge in [0.2, 0.25) is 0 Å². The molecule has 0 bridgehead atoms. The monoisotopic (exact) mass is 209 g/mol. The Bertz CT molecular complexity index is 305. The lowest BCUT2D eigenvalue weighted by Gasteiger charge is -2.12. The van der Waals surface area contributed by atoms with Gasteiger partial charge in [-0.2, -0.15) is 0 Å². The van der Waals surface area contributed by atoms with Crippen LogP contribution in [-0.4, -0.2) is 22.7 Å². The minimum atomic E-state index is -0.477. The van der Waals surface area contributed by atoms with E-state index in [-0.39, 0.29) is 5.76 Å². The summed E-state index contributed by atoms with van der Waals surface area (Å²) in [7, 11) is 0. The summed E-state index contributed by atoms with van der Waals surface area (Å²) in [6.07, 6.45) is 8.99. The Kier molecular flexibility index (Phi) is 4.47. The van der Waals surface area contributed by atoms with Gasteiger partial charge in [0.1, 0.15) is 5.76 Å². The summed E-state index contributed by atoms with van der Waals surface area (Å²) in [5, 5.41) is 9.26. The van der Waals surface area contributed by atoms with Crippen molar-refractivity contribution in [3.63, 3.8) is 0 Å². The second kappa shape index (κ2) is 5.90. The van der Waals surface area contributed by atoms with E-state index in [0.717, 1.165) is 12.8 Å². The molecule has 1 amide bonds. The highest BCUT2D eigenvalue weighted by Crippen LogP contribution is 2.06. The van der Waals surface area contributed by atoms with E-state index in [9.17, 15) is 9.90 Å². The normalized spacial score (nSPS) is 14.7. The zero-order chi connectivity index (χ0) is 11.1. The molecule has 0 unspecified atom stereocenters. The highest BCUT2D eigenvalue weighted by molar-refractivity contribution is 5.70. The van der Waals surface area contributed by atoms with E-state index in [1.165, 1.54) is 23.4 Å². The average molecular weight is 209 g/mol. The van der Waals surface area contributed by atoms with Gasteiger partial charge in [0.05, 0.1) is 12.8 Å². The van der Waals surface area contributed by atoms with Crippen LogP contribution in [0.4, 0.5) is 4.79 Å². The molecule has 0 fully saturated rings. The number of hydrogen-bond donors (Lipinski definition) is 1. The van der Waals surface area contributed by atoms with Gasteiger partial charge in [-0.05, 0) is 18.6 Å². The number of carbonyl (C=O) groups is 1. The zero-order valence-electron chi connectivity index (χ0n) is 8.72. The summed E-state index contributed by atoms with van der Waals surface area (Å²) in [5.41, 5.74) is 0. The van der Waals surface area contributed by atoms with Crippen LogP contribution in [0, 0.1) is 0 Å². The molecule has 0 radical (unpaired) electrons. The van der Waals surface area contributed by atoms with Crippen LogP contribution < -0.4 is 0 Å². The Morgan fingerprint density at radius 3 is 3.07 bits per heavy atom. The number of ether oxygens (including phenoxy) is 1. The number of carbonyl (C=O) groups excluding carboxylic acids is 1. The Balaban J connectivity index is 2.49. The first kappa shape index (κ1) is 11.4. The molecule has 0 spiro atoms. The maximum Gasteiger partial charge on any atom is 0.418 e. The van der Waals surface area contributed by atoms with Gasteiger partial charge < -0.3 is 9.84 Å². The van der Waals surface area contributed by atoms with Crippen LogP contribution in [0.15, 0.2) is 36.4 Å². The molecule has 1 heterocycles. The molecule has 4 heteroatoms. The van der Waals surface area contributed by atoms with Crippen molar-refractivity contribution >= 4 is 6.09 Å². The number of hydrogen-bond acceptors (Lipinski definition) is 3. The summed E-state index contributed by atoms with van der Waals surface area (Å²) in [4.78, 5) is 12.7. The molecule has 82 valence electrons. The van der Waals surface area contributed by atoms with Gasteiger partial charge in [0.15, 0.2) is 0 Å². The predicted octanol–water partition coefficient (Wildman–Crippen LogP) is 2.71. The van der Waals surface area contributed by atoms with Crippen molar-refractivity contribution in [2.24, 2.45) is 0 Å². The highest BCUT2D eigenvalue weighted by atomic mass is 16.6. The van der Waals surface area contributed by atoms with Crippen molar-refractivity contribution in [1.29, 1.82) is 0 Å². The molecule has 1 aliphatic rings. The SMILES string of the molecule is CCCCOC(=O)N1C=CC=CC(O)=C1. The van der Waals surface area contributed by atoms with E-state index in [2.05, 4.69) is 0 Å². The van der Waals surface area contributed by atoms with Gasteiger partial charge in [-0.1, -0.05) is 19.4 Å². The van der Waals surface area contributed by atoms with Crippen LogP contribution in [0.25, 0.3) is 0 Å². The second-order valence-electron chi connectivity index (χ2n) is 3.13. The van der Waals surface area contributed by atoms with E-state index >= 15 is 0 Å². The Morgan fingerprint density at radius 1 is 1.53 bits per heavy atom. The minimum Gasteiger partial charge on any atom is -0.506 e. The Morgan fingerprint density at radius 2 is 2.33 bits per heavy atom. The first-order chi connectivity index (χ1) is 7.24. The highest BCUT2D eigenvalue weighted by Gasteiger charge is 2.10. The van der Waals surface area contributed by atoms with Gasteiger partial charge >= 0.3 is 6.09 Å². The molecule has 0 aromatic carbocycles. The minimum absolute atomic E-state index is 0.0208. The molecule has 4 nitrogen and oxygen atoms in total. The first-order valence-electron chi connectivity index (χ1n) is 4.94. The zero-order valence-corrected chi connectivity index (χ0v) is 8.72. The summed E-state index contributed by atoms with van der Waals surface area (Å²) in [6, 6.07) is 0. The smallest absolute Gasteiger partial charge is 0.418 e. The number of aliphatic hydroxyl groups is 1. The summed E-state index contributed by atoms with van der Waals surface area (Å²) < 4.78 is 4.98. The van der Waals surface area contributed by atoms with E-state index < -0.39 is 6.09 Å². The van der Waals surface area contributed by atoms with Crippen molar-refractivity contribution < 1.29 is 14.6 Å². The summed E-state index contributed by atoms with van der Waals surface area (Å²) in [6.45, 7) is 2.43. The number of nitrogens with zero attached hydrogens (tertiary/aromatic N) is 1. The van der Waals surface area contributed by atoms with Crippen molar-refractivity contribution in [2.75, 3.05) is 6.61 Å². The number of amides is 1. The van der Waals surface area contributed by atoms with Crippen molar-refractivity contribution in [3.05, 3.63) is 36.4 Å². The lowest BCUT2D eigenvalue weighted by atomic mass is 10.4. The third-order valence-corrected chi connectivity index (χ3v) is 1.83. The molecule has 1 aliphatic heterocycles. The third-order valence-electron chi connectivity index (χ3n) is 1.83. The molecule has 0 aromatic rings. The fourth-order valence-corrected chi connectivity index (χ4v) is 1.02. The van der Waals surface area contributed by atoms with Crippen LogP contribution in [0.5, 0.6) is 0 Å². The summed E-state index contributed by atoms with van der Waals surface area (Å²) >= 11 is 0. The lowest BCUT2D eigenvalue weighted by Crippen LogP contribution is -2.21. The second-order valence-corrected chi connectivity index (χ2v) is 3.13. The van der Waals surface area contributed by atoms with Crippen molar-refractivity contribution in [2.45, 2.75) is 19.8 Å². The van der Waals surface area contributed by atoms with E-state index in [1.807, 2.05) is 6.92 Å². The molecular formula is C11H15NO3. The van der Waals surface area contributed by atoms with Crippen molar-refractivity contribution in [1.82, 2.24) is 4.90 Å². The largest absolute Gasteiger partial charge is 0.506 e. The third kappa shape index (κ3) is 3.89. The van der Waals surface area contributed by atoms with Crippen LogP contribution in [0.2, 0.25) is 0 Å². The quantitative estimate of drug-likeness (QED) is 0.727. The van der Waals surface area contributed by atoms with Gasteiger partial charge in [0.25, 0.3) is 0 Å². The molecular weight excluding hydrogens is 194 g/mol. The van der Waals surface area contributed by atoms with Crippen LogP contribution in [-0.2, 0) is 4.74 Å². The number of aliphatic hydroxyl groups excluding tert-OH is 1. The topological polar surface area (TPSA) is 49.8 Å².